The van der Waals surface area contributed by atoms with Gasteiger partial charge in [0.05, 0.1) is 6.10 Å². The first-order chi connectivity index (χ1) is 6.54. The second kappa shape index (κ2) is 5.13. The minimum Gasteiger partial charge on any atom is -0.380 e. The Kier molecular flexibility index (Phi) is 4.39. The molecule has 0 radical (unpaired) electrons. The van der Waals surface area contributed by atoms with Gasteiger partial charge < -0.3 is 10.5 Å². The summed E-state index contributed by atoms with van der Waals surface area (Å²) in [4.78, 5) is 0. The van der Waals surface area contributed by atoms with Crippen molar-refractivity contribution in [3.8, 4) is 0 Å². The molecule has 0 spiro atoms. The van der Waals surface area contributed by atoms with Gasteiger partial charge in [-0.25, -0.2) is 0 Å². The van der Waals surface area contributed by atoms with Crippen LogP contribution in [0.5, 0.6) is 0 Å². The van der Waals surface area contributed by atoms with E-state index in [1.54, 1.807) is 7.11 Å². The Morgan fingerprint density at radius 3 is 2.07 bits per heavy atom. The summed E-state index contributed by atoms with van der Waals surface area (Å²) < 4.78 is 5.31. The lowest BCUT2D eigenvalue weighted by Gasteiger charge is -2.36. The molecule has 2 N–H and O–H groups in total. The molecule has 14 heavy (non-hydrogen) atoms. The Labute approximate surface area is 88.2 Å². The maximum atomic E-state index is 6.20. The van der Waals surface area contributed by atoms with Gasteiger partial charge in [-0.15, -0.1) is 0 Å². The van der Waals surface area contributed by atoms with E-state index < -0.39 is 0 Å². The third-order valence-corrected chi connectivity index (χ3v) is 3.67. The van der Waals surface area contributed by atoms with E-state index >= 15 is 0 Å². The summed E-state index contributed by atoms with van der Waals surface area (Å²) in [6.45, 7) is 6.76. The largest absolute Gasteiger partial charge is 0.380 e. The van der Waals surface area contributed by atoms with Gasteiger partial charge >= 0.3 is 0 Å². The van der Waals surface area contributed by atoms with E-state index in [1.807, 2.05) is 0 Å². The van der Waals surface area contributed by atoms with E-state index in [9.17, 15) is 0 Å². The molecule has 1 aliphatic carbocycles. The molecule has 84 valence electrons. The van der Waals surface area contributed by atoms with Crippen LogP contribution in [0.4, 0.5) is 0 Å². The molecule has 0 aromatic carbocycles. The second-order valence-electron chi connectivity index (χ2n) is 5.20. The van der Waals surface area contributed by atoms with E-state index in [0.717, 1.165) is 11.8 Å². The third-order valence-electron chi connectivity index (χ3n) is 3.67. The van der Waals surface area contributed by atoms with Crippen LogP contribution in [0.15, 0.2) is 0 Å². The van der Waals surface area contributed by atoms with Crippen LogP contribution < -0.4 is 5.73 Å². The molecular formula is C12H25NO. The second-order valence-corrected chi connectivity index (χ2v) is 5.20. The summed E-state index contributed by atoms with van der Waals surface area (Å²) in [5.74, 6) is 2.32. The molecule has 0 bridgehead atoms. The highest BCUT2D eigenvalue weighted by Crippen LogP contribution is 2.35. The molecule has 1 aliphatic rings. The number of hydrogen-bond acceptors (Lipinski definition) is 2. The monoisotopic (exact) mass is 199 g/mol. The van der Waals surface area contributed by atoms with Crippen molar-refractivity contribution in [1.29, 1.82) is 0 Å². The maximum absolute atomic E-state index is 6.20. The highest BCUT2D eigenvalue weighted by Gasteiger charge is 2.30. The lowest BCUT2D eigenvalue weighted by Crippen LogP contribution is -2.43. The SMILES string of the molecule is COC(C)C(N)C1CC(C)CC(C)C1. The number of rotatable bonds is 3. The van der Waals surface area contributed by atoms with E-state index in [4.69, 9.17) is 10.5 Å². The van der Waals surface area contributed by atoms with Gasteiger partial charge in [-0.2, -0.15) is 0 Å². The van der Waals surface area contributed by atoms with Crippen LogP contribution in [0.3, 0.4) is 0 Å². The first-order valence-electron chi connectivity index (χ1n) is 5.83. The third kappa shape index (κ3) is 2.96. The molecule has 0 aromatic heterocycles. The minimum atomic E-state index is 0.192. The van der Waals surface area contributed by atoms with Gasteiger partial charge in [0.2, 0.25) is 0 Å². The van der Waals surface area contributed by atoms with E-state index in [1.165, 1.54) is 19.3 Å². The van der Waals surface area contributed by atoms with Crippen molar-refractivity contribution in [3.63, 3.8) is 0 Å². The standard InChI is InChI=1S/C12H25NO/c1-8-5-9(2)7-11(6-8)12(13)10(3)14-4/h8-12H,5-7,13H2,1-4H3. The summed E-state index contributed by atoms with van der Waals surface area (Å²) in [7, 11) is 1.75. The van der Waals surface area contributed by atoms with Crippen molar-refractivity contribution in [3.05, 3.63) is 0 Å². The van der Waals surface area contributed by atoms with Crippen LogP contribution in [-0.2, 0) is 4.74 Å². The highest BCUT2D eigenvalue weighted by atomic mass is 16.5. The molecule has 1 saturated carbocycles. The Hall–Kier alpha value is -0.0800. The van der Waals surface area contributed by atoms with Crippen molar-refractivity contribution < 1.29 is 4.74 Å². The molecule has 0 heterocycles. The molecule has 1 rings (SSSR count). The Balaban J connectivity index is 2.50. The van der Waals surface area contributed by atoms with Gasteiger partial charge in [-0.1, -0.05) is 13.8 Å². The smallest absolute Gasteiger partial charge is 0.0696 e. The van der Waals surface area contributed by atoms with Crippen molar-refractivity contribution >= 4 is 0 Å². The average Bonchev–Trinajstić information content (AvgIpc) is 2.14. The fourth-order valence-electron chi connectivity index (χ4n) is 2.86. The van der Waals surface area contributed by atoms with E-state index in [0.29, 0.717) is 5.92 Å². The molecule has 2 nitrogen and oxygen atoms in total. The molecule has 1 fully saturated rings. The first-order valence-corrected chi connectivity index (χ1v) is 5.83. The molecule has 0 amide bonds. The van der Waals surface area contributed by atoms with Gasteiger partial charge in [-0.05, 0) is 43.9 Å². The summed E-state index contributed by atoms with van der Waals surface area (Å²) in [6.07, 6.45) is 4.11. The highest BCUT2D eigenvalue weighted by molar-refractivity contribution is 4.84. The summed E-state index contributed by atoms with van der Waals surface area (Å²) >= 11 is 0. The summed E-state index contributed by atoms with van der Waals surface area (Å²) in [6, 6.07) is 0.213. The van der Waals surface area contributed by atoms with Crippen LogP contribution >= 0.6 is 0 Å². The molecular weight excluding hydrogens is 174 g/mol. The van der Waals surface area contributed by atoms with Crippen LogP contribution in [0.1, 0.15) is 40.0 Å². The average molecular weight is 199 g/mol. The molecule has 0 aliphatic heterocycles. The van der Waals surface area contributed by atoms with Crippen LogP contribution in [0, 0.1) is 17.8 Å². The predicted molar refractivity (Wildman–Crippen MR) is 60.1 cm³/mol. The van der Waals surface area contributed by atoms with E-state index in [2.05, 4.69) is 20.8 Å². The zero-order chi connectivity index (χ0) is 10.7. The van der Waals surface area contributed by atoms with Crippen LogP contribution in [-0.4, -0.2) is 19.3 Å². The lowest BCUT2D eigenvalue weighted by atomic mass is 9.73. The quantitative estimate of drug-likeness (QED) is 0.757. The topological polar surface area (TPSA) is 35.2 Å². The summed E-state index contributed by atoms with van der Waals surface area (Å²) in [5, 5.41) is 0. The fraction of sp³-hybridized carbons (Fsp3) is 1.00. The van der Waals surface area contributed by atoms with Crippen molar-refractivity contribution in [2.75, 3.05) is 7.11 Å². The zero-order valence-electron chi connectivity index (χ0n) is 9.99. The normalized spacial score (nSPS) is 37.9. The summed E-state index contributed by atoms with van der Waals surface area (Å²) in [5.41, 5.74) is 6.20. The molecule has 0 saturated heterocycles. The first kappa shape index (κ1) is 12.0. The van der Waals surface area contributed by atoms with Crippen LogP contribution in [0.25, 0.3) is 0 Å². The van der Waals surface area contributed by atoms with Gasteiger partial charge in [0.25, 0.3) is 0 Å². The number of methoxy groups -OCH3 is 1. The lowest BCUT2D eigenvalue weighted by molar-refractivity contribution is 0.0553. The molecule has 0 aromatic rings. The Morgan fingerprint density at radius 1 is 1.14 bits per heavy atom. The maximum Gasteiger partial charge on any atom is 0.0696 e. The predicted octanol–water partition coefficient (Wildman–Crippen LogP) is 2.42. The fourth-order valence-corrected chi connectivity index (χ4v) is 2.86. The number of nitrogens with two attached hydrogens (primary N) is 1. The van der Waals surface area contributed by atoms with Crippen molar-refractivity contribution in [1.82, 2.24) is 0 Å². The van der Waals surface area contributed by atoms with Gasteiger partial charge in [0.1, 0.15) is 0 Å². The molecule has 4 atom stereocenters. The minimum absolute atomic E-state index is 0.192. The van der Waals surface area contributed by atoms with Gasteiger partial charge in [0.15, 0.2) is 0 Å². The van der Waals surface area contributed by atoms with Crippen molar-refractivity contribution in [2.45, 2.75) is 52.2 Å². The number of hydrogen-bond donors (Lipinski definition) is 1. The van der Waals surface area contributed by atoms with Gasteiger partial charge in [-0.3, -0.25) is 0 Å². The Bertz CT molecular complexity index is 162. The number of ether oxygens (including phenoxy) is 1. The van der Waals surface area contributed by atoms with Crippen LogP contribution in [0.2, 0.25) is 0 Å². The van der Waals surface area contributed by atoms with E-state index in [-0.39, 0.29) is 12.1 Å². The Morgan fingerprint density at radius 2 is 1.64 bits per heavy atom. The molecule has 2 heteroatoms. The molecule has 4 unspecified atom stereocenters. The zero-order valence-corrected chi connectivity index (χ0v) is 9.99. The van der Waals surface area contributed by atoms with Gasteiger partial charge in [0, 0.05) is 13.2 Å². The van der Waals surface area contributed by atoms with Crippen molar-refractivity contribution in [2.24, 2.45) is 23.5 Å².